The smallest absolute Gasteiger partial charge is 0.251 e. The van der Waals surface area contributed by atoms with Crippen molar-refractivity contribution in [3.05, 3.63) is 47.2 Å². The van der Waals surface area contributed by atoms with Crippen molar-refractivity contribution in [1.29, 1.82) is 0 Å². The molecule has 0 bridgehead atoms. The minimum atomic E-state index is -0.0416. The number of rotatable bonds is 9. The van der Waals surface area contributed by atoms with Gasteiger partial charge in [0.25, 0.3) is 5.91 Å². The third-order valence-corrected chi connectivity index (χ3v) is 6.02. The maximum Gasteiger partial charge on any atom is 0.251 e. The van der Waals surface area contributed by atoms with Gasteiger partial charge in [-0.05, 0) is 31.2 Å². The number of piperazine rings is 1. The molecule has 1 amide bonds. The zero-order chi connectivity index (χ0) is 21.3. The van der Waals surface area contributed by atoms with Crippen LogP contribution in [0.3, 0.4) is 0 Å². The number of hydrogen-bond acceptors (Lipinski definition) is 7. The fourth-order valence-corrected chi connectivity index (χ4v) is 4.19. The van der Waals surface area contributed by atoms with E-state index in [9.17, 15) is 4.79 Å². The van der Waals surface area contributed by atoms with Crippen LogP contribution in [0.5, 0.6) is 0 Å². The minimum absolute atomic E-state index is 0.0416. The Labute approximate surface area is 183 Å². The summed E-state index contributed by atoms with van der Waals surface area (Å²) in [7, 11) is 1.69. The topological polar surface area (TPSA) is 70.6 Å². The van der Waals surface area contributed by atoms with Gasteiger partial charge in [0.1, 0.15) is 5.82 Å². The number of carbonyl (C=O) groups is 1. The standard InChI is InChI=1S/C22H31N5O2S/c1-4-23-21(28)18-8-6-17(7-9-18)16-30-22-24-19(15-29-3)14-20(25-22)27-12-10-26(5-2)11-13-27/h6-9,14H,4-5,10-13,15-16H2,1-3H3,(H,23,28). The molecule has 2 heterocycles. The van der Waals surface area contributed by atoms with E-state index in [2.05, 4.69) is 27.0 Å². The number of nitrogens with zero attached hydrogens (tertiary/aromatic N) is 4. The van der Waals surface area contributed by atoms with Gasteiger partial charge in [0.05, 0.1) is 12.3 Å². The molecule has 8 heteroatoms. The third-order valence-electron chi connectivity index (χ3n) is 5.10. The molecule has 1 fully saturated rings. The zero-order valence-electron chi connectivity index (χ0n) is 18.1. The number of ether oxygens (including phenoxy) is 1. The highest BCUT2D eigenvalue weighted by Crippen LogP contribution is 2.24. The maximum atomic E-state index is 11.9. The van der Waals surface area contributed by atoms with E-state index in [1.54, 1.807) is 18.9 Å². The summed E-state index contributed by atoms with van der Waals surface area (Å²) in [5.41, 5.74) is 2.71. The highest BCUT2D eigenvalue weighted by atomic mass is 32.2. The van der Waals surface area contributed by atoms with Gasteiger partial charge in [0.15, 0.2) is 5.16 Å². The number of benzene rings is 1. The normalized spacial score (nSPS) is 14.7. The Morgan fingerprint density at radius 2 is 1.87 bits per heavy atom. The molecule has 1 N–H and O–H groups in total. The molecule has 3 rings (SSSR count). The molecule has 1 aliphatic heterocycles. The maximum absolute atomic E-state index is 11.9. The van der Waals surface area contributed by atoms with Crippen LogP contribution in [-0.2, 0) is 17.1 Å². The number of amides is 1. The molecule has 0 atom stereocenters. The van der Waals surface area contributed by atoms with Crippen LogP contribution < -0.4 is 10.2 Å². The Bertz CT molecular complexity index is 823. The summed E-state index contributed by atoms with van der Waals surface area (Å²) in [6.45, 7) is 10.4. The van der Waals surface area contributed by atoms with Gasteiger partial charge in [-0.25, -0.2) is 9.97 Å². The molecule has 1 saturated heterocycles. The summed E-state index contributed by atoms with van der Waals surface area (Å²) in [5, 5.41) is 3.57. The van der Waals surface area contributed by atoms with Crippen molar-refractivity contribution in [3.63, 3.8) is 0 Å². The van der Waals surface area contributed by atoms with Crippen LogP contribution in [0.25, 0.3) is 0 Å². The molecule has 0 aliphatic carbocycles. The number of likely N-dealkylation sites (N-methyl/N-ethyl adjacent to an activating group) is 1. The highest BCUT2D eigenvalue weighted by Gasteiger charge is 2.18. The van der Waals surface area contributed by atoms with Crippen LogP contribution in [0.2, 0.25) is 0 Å². The lowest BCUT2D eigenvalue weighted by Gasteiger charge is -2.34. The molecule has 162 valence electrons. The second-order valence-electron chi connectivity index (χ2n) is 7.20. The van der Waals surface area contributed by atoms with Crippen LogP contribution >= 0.6 is 11.8 Å². The highest BCUT2D eigenvalue weighted by molar-refractivity contribution is 7.98. The Balaban J connectivity index is 1.67. The molecule has 30 heavy (non-hydrogen) atoms. The van der Waals surface area contributed by atoms with Crippen LogP contribution in [0.4, 0.5) is 5.82 Å². The number of carbonyl (C=O) groups excluding carboxylic acids is 1. The van der Waals surface area contributed by atoms with E-state index in [1.165, 1.54) is 0 Å². The second kappa shape index (κ2) is 11.3. The fourth-order valence-electron chi connectivity index (χ4n) is 3.36. The summed E-state index contributed by atoms with van der Waals surface area (Å²) >= 11 is 1.61. The molecule has 1 aromatic carbocycles. The average Bonchev–Trinajstić information content (AvgIpc) is 2.78. The van der Waals surface area contributed by atoms with E-state index >= 15 is 0 Å². The summed E-state index contributed by atoms with van der Waals surface area (Å²) in [5.74, 6) is 1.68. The van der Waals surface area contributed by atoms with Crippen molar-refractivity contribution in [1.82, 2.24) is 20.2 Å². The van der Waals surface area contributed by atoms with Gasteiger partial charge in [0, 0.05) is 57.2 Å². The zero-order valence-corrected chi connectivity index (χ0v) is 18.9. The van der Waals surface area contributed by atoms with Gasteiger partial charge in [-0.2, -0.15) is 0 Å². The van der Waals surface area contributed by atoms with Crippen LogP contribution in [0.1, 0.15) is 35.5 Å². The molecular formula is C22H31N5O2S. The van der Waals surface area contributed by atoms with E-state index in [4.69, 9.17) is 9.72 Å². The monoisotopic (exact) mass is 429 g/mol. The summed E-state index contributed by atoms with van der Waals surface area (Å²) in [6, 6.07) is 9.74. The quantitative estimate of drug-likeness (QED) is 0.485. The van der Waals surface area contributed by atoms with Gasteiger partial charge in [-0.1, -0.05) is 30.8 Å². The predicted octanol–water partition coefficient (Wildman–Crippen LogP) is 2.81. The number of methoxy groups -OCH3 is 1. The lowest BCUT2D eigenvalue weighted by Crippen LogP contribution is -2.46. The molecule has 0 radical (unpaired) electrons. The van der Waals surface area contributed by atoms with Crippen molar-refractivity contribution in [2.45, 2.75) is 31.4 Å². The fraction of sp³-hybridized carbons (Fsp3) is 0.500. The SMILES string of the molecule is CCNC(=O)c1ccc(CSc2nc(COC)cc(N3CCN(CC)CC3)n2)cc1. The first-order valence-electron chi connectivity index (χ1n) is 10.5. The summed E-state index contributed by atoms with van der Waals surface area (Å²) < 4.78 is 5.31. The average molecular weight is 430 g/mol. The molecule has 1 aromatic heterocycles. The Morgan fingerprint density at radius 1 is 1.13 bits per heavy atom. The number of hydrogen-bond donors (Lipinski definition) is 1. The Hall–Kier alpha value is -2.16. The largest absolute Gasteiger partial charge is 0.378 e. The molecule has 0 spiro atoms. The number of thioether (sulfide) groups is 1. The lowest BCUT2D eigenvalue weighted by molar-refractivity contribution is 0.0956. The molecule has 0 saturated carbocycles. The third kappa shape index (κ3) is 6.17. The lowest BCUT2D eigenvalue weighted by atomic mass is 10.1. The van der Waals surface area contributed by atoms with E-state index in [0.29, 0.717) is 18.7 Å². The number of anilines is 1. The van der Waals surface area contributed by atoms with Crippen molar-refractivity contribution < 1.29 is 9.53 Å². The molecule has 7 nitrogen and oxygen atoms in total. The van der Waals surface area contributed by atoms with Crippen LogP contribution in [-0.4, -0.2) is 67.2 Å². The second-order valence-corrected chi connectivity index (χ2v) is 8.14. The van der Waals surface area contributed by atoms with Gasteiger partial charge in [-0.15, -0.1) is 0 Å². The van der Waals surface area contributed by atoms with Crippen molar-refractivity contribution in [3.8, 4) is 0 Å². The summed E-state index contributed by atoms with van der Waals surface area (Å²) in [4.78, 5) is 26.2. The number of nitrogens with one attached hydrogen (secondary N) is 1. The minimum Gasteiger partial charge on any atom is -0.378 e. The van der Waals surface area contributed by atoms with Crippen molar-refractivity contribution >= 4 is 23.5 Å². The van der Waals surface area contributed by atoms with E-state index in [-0.39, 0.29) is 5.91 Å². The van der Waals surface area contributed by atoms with E-state index in [0.717, 1.165) is 60.7 Å². The first-order chi connectivity index (χ1) is 14.6. The van der Waals surface area contributed by atoms with E-state index < -0.39 is 0 Å². The molecule has 0 unspecified atom stereocenters. The Kier molecular flexibility index (Phi) is 8.48. The first kappa shape index (κ1) is 22.5. The van der Waals surface area contributed by atoms with Crippen molar-refractivity contribution in [2.75, 3.05) is 51.3 Å². The molecule has 1 aliphatic rings. The van der Waals surface area contributed by atoms with Crippen molar-refractivity contribution in [2.24, 2.45) is 0 Å². The van der Waals surface area contributed by atoms with Gasteiger partial charge in [0.2, 0.25) is 0 Å². The van der Waals surface area contributed by atoms with Gasteiger partial charge >= 0.3 is 0 Å². The molecule has 2 aromatic rings. The van der Waals surface area contributed by atoms with Crippen LogP contribution in [0.15, 0.2) is 35.5 Å². The predicted molar refractivity (Wildman–Crippen MR) is 121 cm³/mol. The molecular weight excluding hydrogens is 398 g/mol. The first-order valence-corrected chi connectivity index (χ1v) is 11.5. The summed E-state index contributed by atoms with van der Waals surface area (Å²) in [6.07, 6.45) is 0. The van der Waals surface area contributed by atoms with Gasteiger partial charge < -0.3 is 19.9 Å². The van der Waals surface area contributed by atoms with E-state index in [1.807, 2.05) is 37.3 Å². The van der Waals surface area contributed by atoms with Gasteiger partial charge in [-0.3, -0.25) is 4.79 Å². The Morgan fingerprint density at radius 3 is 2.50 bits per heavy atom. The number of aromatic nitrogens is 2. The van der Waals surface area contributed by atoms with Crippen LogP contribution in [0, 0.1) is 0 Å².